The fourth-order valence-electron chi connectivity index (χ4n) is 1.71. The lowest BCUT2D eigenvalue weighted by Gasteiger charge is -2.06. The third kappa shape index (κ3) is 3.07. The molecule has 0 spiro atoms. The van der Waals surface area contributed by atoms with Gasteiger partial charge in [0.15, 0.2) is 5.78 Å². The number of nitrogens with zero attached hydrogens (tertiary/aromatic N) is 2. The van der Waals surface area contributed by atoms with Gasteiger partial charge in [-0.3, -0.25) is 9.59 Å². The summed E-state index contributed by atoms with van der Waals surface area (Å²) in [4.78, 5) is 26.5. The number of aliphatic carboxylic acids is 1. The van der Waals surface area contributed by atoms with Gasteiger partial charge in [-0.15, -0.1) is 0 Å². The van der Waals surface area contributed by atoms with Crippen LogP contribution >= 0.6 is 0 Å². The van der Waals surface area contributed by atoms with Crippen LogP contribution in [0.2, 0.25) is 0 Å². The van der Waals surface area contributed by atoms with Gasteiger partial charge in [0.05, 0.1) is 12.2 Å². The number of Topliss-reactive ketones (excluding diaryl/α,β-unsaturated/α-hetero) is 1. The quantitative estimate of drug-likeness (QED) is 0.834. The zero-order valence-electron chi connectivity index (χ0n) is 10.5. The highest BCUT2D eigenvalue weighted by Gasteiger charge is 2.16. The smallest absolute Gasteiger partial charge is 0.306 e. The normalized spacial score (nSPS) is 12.1. The number of hydrogen-bond donors (Lipinski definition) is 1. The summed E-state index contributed by atoms with van der Waals surface area (Å²) in [6.07, 6.45) is 5.17. The van der Waals surface area contributed by atoms with E-state index in [9.17, 15) is 9.59 Å². The third-order valence-corrected chi connectivity index (χ3v) is 2.90. The molecule has 0 aliphatic rings. The Morgan fingerprint density at radius 3 is 2.53 bits per heavy atom. The Labute approximate surface area is 110 Å². The minimum Gasteiger partial charge on any atom is -0.481 e. The highest BCUT2D eigenvalue weighted by molar-refractivity contribution is 5.98. The lowest BCUT2D eigenvalue weighted by molar-refractivity contribution is -0.141. The predicted octanol–water partition coefficient (Wildman–Crippen LogP) is 2.17. The molecule has 0 bridgehead atoms. The first-order valence-corrected chi connectivity index (χ1v) is 5.92. The molecule has 0 aliphatic heterocycles. The zero-order chi connectivity index (χ0) is 13.8. The summed E-state index contributed by atoms with van der Waals surface area (Å²) >= 11 is 0. The summed E-state index contributed by atoms with van der Waals surface area (Å²) in [5.74, 6) is -1.78. The fraction of sp³-hybridized carbons (Fsp3) is 0.214. The average Bonchev–Trinajstić information content (AvgIpc) is 2.92. The third-order valence-electron chi connectivity index (χ3n) is 2.90. The van der Waals surface area contributed by atoms with Crippen LogP contribution in [0, 0.1) is 5.92 Å². The van der Waals surface area contributed by atoms with Crippen molar-refractivity contribution in [3.05, 3.63) is 48.5 Å². The zero-order valence-corrected chi connectivity index (χ0v) is 10.5. The molecule has 19 heavy (non-hydrogen) atoms. The van der Waals surface area contributed by atoms with Gasteiger partial charge in [0.2, 0.25) is 0 Å². The van der Waals surface area contributed by atoms with Crippen LogP contribution in [-0.4, -0.2) is 26.4 Å². The van der Waals surface area contributed by atoms with Gasteiger partial charge in [-0.2, -0.15) is 0 Å². The van der Waals surface area contributed by atoms with Crippen LogP contribution in [0.5, 0.6) is 0 Å². The van der Waals surface area contributed by atoms with Crippen molar-refractivity contribution in [1.82, 2.24) is 9.55 Å². The van der Waals surface area contributed by atoms with E-state index in [0.717, 1.165) is 5.69 Å². The van der Waals surface area contributed by atoms with E-state index in [2.05, 4.69) is 4.98 Å². The van der Waals surface area contributed by atoms with Gasteiger partial charge in [0, 0.05) is 30.1 Å². The lowest BCUT2D eigenvalue weighted by atomic mass is 10.00. The first-order chi connectivity index (χ1) is 9.08. The molecule has 1 aromatic carbocycles. The van der Waals surface area contributed by atoms with Gasteiger partial charge in [0.25, 0.3) is 0 Å². The largest absolute Gasteiger partial charge is 0.481 e. The van der Waals surface area contributed by atoms with Crippen LogP contribution in [0.4, 0.5) is 0 Å². The molecule has 2 rings (SSSR count). The molecular formula is C14H14N2O3. The summed E-state index contributed by atoms with van der Waals surface area (Å²) in [5, 5.41) is 8.78. The summed E-state index contributed by atoms with van der Waals surface area (Å²) < 4.78 is 1.83. The molecule has 5 heteroatoms. The highest BCUT2D eigenvalue weighted by atomic mass is 16.4. The Kier molecular flexibility index (Phi) is 3.75. The molecule has 0 fully saturated rings. The summed E-state index contributed by atoms with van der Waals surface area (Å²) in [7, 11) is 0. The van der Waals surface area contributed by atoms with Crippen LogP contribution < -0.4 is 0 Å². The van der Waals surface area contributed by atoms with Gasteiger partial charge in [-0.25, -0.2) is 4.98 Å². The van der Waals surface area contributed by atoms with E-state index in [1.54, 1.807) is 36.8 Å². The molecule has 0 radical (unpaired) electrons. The van der Waals surface area contributed by atoms with Crippen molar-refractivity contribution >= 4 is 11.8 Å². The van der Waals surface area contributed by atoms with Gasteiger partial charge < -0.3 is 9.67 Å². The maximum Gasteiger partial charge on any atom is 0.306 e. The van der Waals surface area contributed by atoms with Crippen LogP contribution in [0.1, 0.15) is 23.7 Å². The van der Waals surface area contributed by atoms with E-state index < -0.39 is 11.9 Å². The van der Waals surface area contributed by atoms with Gasteiger partial charge in [0.1, 0.15) is 0 Å². The van der Waals surface area contributed by atoms with Gasteiger partial charge in [-0.05, 0) is 24.3 Å². The fourth-order valence-corrected chi connectivity index (χ4v) is 1.71. The van der Waals surface area contributed by atoms with Crippen molar-refractivity contribution in [2.45, 2.75) is 13.3 Å². The number of aromatic nitrogens is 2. The maximum atomic E-state index is 11.9. The first kappa shape index (κ1) is 13.0. The van der Waals surface area contributed by atoms with E-state index in [-0.39, 0.29) is 12.2 Å². The molecule has 98 valence electrons. The molecule has 1 N–H and O–H groups in total. The second-order valence-electron chi connectivity index (χ2n) is 4.38. The van der Waals surface area contributed by atoms with Gasteiger partial charge >= 0.3 is 5.97 Å². The van der Waals surface area contributed by atoms with E-state index in [1.165, 1.54) is 6.92 Å². The molecule has 1 heterocycles. The van der Waals surface area contributed by atoms with E-state index >= 15 is 0 Å². The number of hydrogen-bond acceptors (Lipinski definition) is 3. The highest BCUT2D eigenvalue weighted by Crippen LogP contribution is 2.13. The van der Waals surface area contributed by atoms with Crippen LogP contribution in [-0.2, 0) is 4.79 Å². The Hall–Kier alpha value is -2.43. The van der Waals surface area contributed by atoms with Crippen LogP contribution in [0.25, 0.3) is 5.69 Å². The monoisotopic (exact) mass is 258 g/mol. The Bertz CT molecular complexity index is 573. The second kappa shape index (κ2) is 5.48. The number of benzene rings is 1. The molecular weight excluding hydrogens is 244 g/mol. The number of imidazole rings is 1. The molecule has 2 aromatic rings. The van der Waals surface area contributed by atoms with Crippen molar-refractivity contribution in [2.75, 3.05) is 0 Å². The van der Waals surface area contributed by atoms with Crippen molar-refractivity contribution in [3.63, 3.8) is 0 Å². The van der Waals surface area contributed by atoms with E-state index in [1.807, 2.05) is 10.8 Å². The lowest BCUT2D eigenvalue weighted by Crippen LogP contribution is -2.14. The number of rotatable bonds is 5. The van der Waals surface area contributed by atoms with Crippen molar-refractivity contribution < 1.29 is 14.7 Å². The first-order valence-electron chi connectivity index (χ1n) is 5.92. The van der Waals surface area contributed by atoms with Crippen molar-refractivity contribution in [2.24, 2.45) is 5.92 Å². The molecule has 5 nitrogen and oxygen atoms in total. The van der Waals surface area contributed by atoms with Crippen LogP contribution in [0.3, 0.4) is 0 Å². The molecule has 0 unspecified atom stereocenters. The Balaban J connectivity index is 2.10. The number of carboxylic acid groups (broad SMARTS) is 1. The molecule has 1 atom stereocenters. The Morgan fingerprint density at radius 1 is 1.32 bits per heavy atom. The van der Waals surface area contributed by atoms with E-state index in [4.69, 9.17) is 5.11 Å². The molecule has 0 aliphatic carbocycles. The molecule has 0 amide bonds. The molecule has 1 aromatic heterocycles. The molecule has 0 saturated heterocycles. The summed E-state index contributed by atoms with van der Waals surface area (Å²) in [5.41, 5.74) is 1.43. The topological polar surface area (TPSA) is 72.2 Å². The minimum absolute atomic E-state index is 0.0136. The summed E-state index contributed by atoms with van der Waals surface area (Å²) in [6.45, 7) is 1.53. The van der Waals surface area contributed by atoms with E-state index in [0.29, 0.717) is 5.56 Å². The standard InChI is InChI=1S/C14H14N2O3/c1-10(14(18)19)8-13(17)11-2-4-12(5-3-11)16-7-6-15-9-16/h2-7,9-10H,8H2,1H3,(H,18,19)/t10-/m1/s1. The minimum atomic E-state index is -0.955. The maximum absolute atomic E-state index is 11.9. The average molecular weight is 258 g/mol. The van der Waals surface area contributed by atoms with Crippen molar-refractivity contribution in [3.8, 4) is 5.69 Å². The number of carboxylic acids is 1. The number of carbonyl (C=O) groups excluding carboxylic acids is 1. The predicted molar refractivity (Wildman–Crippen MR) is 69.3 cm³/mol. The second-order valence-corrected chi connectivity index (χ2v) is 4.38. The summed E-state index contributed by atoms with van der Waals surface area (Å²) in [6, 6.07) is 7.01. The molecule has 0 saturated carbocycles. The number of ketones is 1. The van der Waals surface area contributed by atoms with Crippen LogP contribution in [0.15, 0.2) is 43.0 Å². The SMILES string of the molecule is C[C@H](CC(=O)c1ccc(-n2ccnc2)cc1)C(=O)O. The van der Waals surface area contributed by atoms with Crippen molar-refractivity contribution in [1.29, 1.82) is 0 Å². The van der Waals surface area contributed by atoms with Gasteiger partial charge in [-0.1, -0.05) is 6.92 Å². The number of carbonyl (C=O) groups is 2. The Morgan fingerprint density at radius 2 is 2.00 bits per heavy atom.